The van der Waals surface area contributed by atoms with E-state index in [1.165, 1.54) is 139 Å². The van der Waals surface area contributed by atoms with E-state index in [1.807, 2.05) is 0 Å². The molecule has 0 aromatic heterocycles. The lowest BCUT2D eigenvalue weighted by molar-refractivity contribution is -0.346. The van der Waals surface area contributed by atoms with Gasteiger partial charge in [0, 0.05) is 88.4 Å². The van der Waals surface area contributed by atoms with Crippen LogP contribution in [0.3, 0.4) is 0 Å². The minimum atomic E-state index is -2.64. The molecule has 1 unspecified atom stereocenters. The van der Waals surface area contributed by atoms with E-state index >= 15 is 9.59 Å². The number of amides is 11. The van der Waals surface area contributed by atoms with E-state index in [0.29, 0.717) is 25.7 Å². The summed E-state index contributed by atoms with van der Waals surface area (Å²) < 4.78 is 42.6. The number of benzene rings is 4. The minimum Gasteiger partial charge on any atom is -0.481 e. The van der Waals surface area contributed by atoms with Gasteiger partial charge in [-0.05, 0) is 117 Å². The molecule has 1 saturated heterocycles. The monoisotopic (exact) mass is 1880 g/mol. The van der Waals surface area contributed by atoms with Crippen LogP contribution in [0, 0.1) is 22.7 Å². The summed E-state index contributed by atoms with van der Waals surface area (Å²) in [5, 5.41) is 77.7. The number of fused-ring (bicyclic) bond motifs is 5. The number of nitrogens with one attached hydrogen (secondary N) is 9. The van der Waals surface area contributed by atoms with Crippen molar-refractivity contribution in [3.05, 3.63) is 161 Å². The fourth-order valence-electron chi connectivity index (χ4n) is 17.3. The molecule has 5 aliphatic rings. The number of aliphatic hydroxyl groups excluding tert-OH is 1. The first-order chi connectivity index (χ1) is 63.8. The van der Waals surface area contributed by atoms with Crippen LogP contribution in [0.5, 0.6) is 0 Å². The Hall–Kier alpha value is -14.2. The Morgan fingerprint density at radius 2 is 1.18 bits per heavy atom. The second kappa shape index (κ2) is 46.5. The lowest BCUT2D eigenvalue weighted by Gasteiger charge is -2.67. The molecule has 2 aliphatic heterocycles. The Kier molecular flexibility index (Phi) is 36.0. The Balaban J connectivity index is 0.873. The summed E-state index contributed by atoms with van der Waals surface area (Å²) in [6, 6.07) is 17.5. The van der Waals surface area contributed by atoms with Crippen molar-refractivity contribution >= 4 is 124 Å². The van der Waals surface area contributed by atoms with Crippen LogP contribution in [0.25, 0.3) is 0 Å². The van der Waals surface area contributed by atoms with Gasteiger partial charge in [-0.3, -0.25) is 86.4 Å². The summed E-state index contributed by atoms with van der Waals surface area (Å²) in [4.78, 5) is 271. The van der Waals surface area contributed by atoms with Crippen LogP contribution in [-0.2, 0) is 121 Å². The van der Waals surface area contributed by atoms with E-state index in [0.717, 1.165) is 25.7 Å². The maximum absolute atomic E-state index is 16.0. The van der Waals surface area contributed by atoms with Gasteiger partial charge < -0.3 is 107 Å². The highest BCUT2D eigenvalue weighted by atomic mass is 16.7. The normalized spacial score (nSPS) is 22.2. The molecule has 9 rings (SSSR count). The van der Waals surface area contributed by atoms with Crippen molar-refractivity contribution in [2.24, 2.45) is 22.7 Å². The molecule has 2 saturated carbocycles. The number of rotatable bonds is 45. The Morgan fingerprint density at radius 3 is 1.76 bits per heavy atom. The molecule has 726 valence electrons. The molecule has 16 atom stereocenters. The summed E-state index contributed by atoms with van der Waals surface area (Å²) >= 11 is 0. The number of carbonyl (C=O) groups excluding carboxylic acids is 17. The quantitative estimate of drug-likeness (QED) is 0.00994. The highest BCUT2D eigenvalue weighted by Crippen LogP contribution is 2.65. The van der Waals surface area contributed by atoms with E-state index in [4.69, 9.17) is 33.2 Å². The van der Waals surface area contributed by atoms with Crippen molar-refractivity contribution in [1.29, 1.82) is 0 Å². The molecule has 4 aromatic rings. The van der Waals surface area contributed by atoms with Gasteiger partial charge in [0.15, 0.2) is 17.5 Å². The molecule has 42 heteroatoms. The average molecular weight is 1880 g/mol. The summed E-state index contributed by atoms with van der Waals surface area (Å²) in [6.45, 7) is 10.1. The van der Waals surface area contributed by atoms with Gasteiger partial charge in [-0.2, -0.15) is 0 Å². The number of aliphatic carboxylic acids is 3. The van der Waals surface area contributed by atoms with Crippen LogP contribution in [0.4, 0.5) is 10.5 Å². The summed E-state index contributed by atoms with van der Waals surface area (Å²) in [5.41, 5.74) is -8.69. The molecule has 0 radical (unpaired) electrons. The maximum Gasteiger partial charge on any atom is 0.509 e. The Bertz CT molecular complexity index is 5190. The van der Waals surface area contributed by atoms with E-state index in [1.54, 1.807) is 30.3 Å². The topological polar surface area (TPSA) is 619 Å². The molecule has 3 aliphatic carbocycles. The molecular formula is C93H112N10O32. The van der Waals surface area contributed by atoms with Crippen LogP contribution in [0.2, 0.25) is 0 Å². The van der Waals surface area contributed by atoms with Crippen LogP contribution >= 0.6 is 0 Å². The number of ether oxygens (including phenoxy) is 7. The largest absolute Gasteiger partial charge is 0.509 e. The smallest absolute Gasteiger partial charge is 0.481 e. The Labute approximate surface area is 774 Å². The van der Waals surface area contributed by atoms with E-state index < -0.39 is 271 Å². The highest BCUT2D eigenvalue weighted by molar-refractivity contribution is 6.13. The van der Waals surface area contributed by atoms with Crippen molar-refractivity contribution in [3.63, 3.8) is 0 Å². The number of carboxylic acids is 3. The predicted octanol–water partition coefficient (Wildman–Crippen LogP) is 2.84. The number of imide groups is 1. The number of hydrogen-bond acceptors (Lipinski definition) is 29. The second-order valence-electron chi connectivity index (χ2n) is 34.6. The van der Waals surface area contributed by atoms with Gasteiger partial charge >= 0.3 is 47.9 Å². The molecule has 14 N–H and O–H groups in total. The van der Waals surface area contributed by atoms with Gasteiger partial charge in [-0.15, -0.1) is 0 Å². The molecule has 135 heavy (non-hydrogen) atoms. The zero-order valence-electron chi connectivity index (χ0n) is 75.6. The number of Topliss-reactive ketones (excluding diaryl/α,β-unsaturated/α-hetero) is 1. The number of nitrogens with zero attached hydrogens (tertiary/aromatic N) is 1. The fourth-order valence-corrected chi connectivity index (χ4v) is 17.3. The van der Waals surface area contributed by atoms with Crippen LogP contribution in [-0.4, -0.2) is 253 Å². The number of carbonyl (C=O) groups is 20. The number of aliphatic hydroxyl groups is 2. The average Bonchev–Trinajstić information content (AvgIpc) is 0.990. The SMILES string of the molecule is CC(=O)N[C@@H](CCCCNC(=O)CCCCCN1C(=O)C=CC1=O)C(=O)NCC(=O)N[C@@H](CC(=O)O)C(=O)N[C@@H](CCC(=O)O)C(=O)N[C@H](C(=O)N[C@@H](CC(=O)O)C(=O)Nc1ccc(COC(=O)O[C@@H](C(=O)O[C@H]2C[C@@]3(O)[C@@H](OC(=O)c4ccccc4)C4[C@](C)(C(=O)[C@H](OC(C)=O)C(=C2C)C3(C)C)[C@@H](O)C[C@H]2OC[C@@]42OC(C)=O)[C@@H](NC(=O)c2ccccc2)c2ccccc2)cc1)C(C)C. The van der Waals surface area contributed by atoms with Gasteiger partial charge in [-0.1, -0.05) is 113 Å². The zero-order valence-corrected chi connectivity index (χ0v) is 75.6. The first-order valence-electron chi connectivity index (χ1n) is 43.8. The van der Waals surface area contributed by atoms with Gasteiger partial charge in [0.2, 0.25) is 53.4 Å². The van der Waals surface area contributed by atoms with Gasteiger partial charge in [-0.25, -0.2) is 14.4 Å². The third-order valence-electron chi connectivity index (χ3n) is 24.4. The second-order valence-corrected chi connectivity index (χ2v) is 34.6. The number of unbranched alkanes of at least 4 members (excludes halogenated alkanes) is 3. The number of carboxylic acid groups (broad SMARTS) is 3. The van der Waals surface area contributed by atoms with Crippen molar-refractivity contribution in [2.45, 2.75) is 236 Å². The first kappa shape index (κ1) is 105. The molecule has 3 fully saturated rings. The molecular weight excluding hydrogens is 1770 g/mol. The number of ketones is 1. The third kappa shape index (κ3) is 26.4. The van der Waals surface area contributed by atoms with Crippen molar-refractivity contribution < 1.29 is 155 Å². The van der Waals surface area contributed by atoms with Crippen molar-refractivity contribution in [2.75, 3.05) is 31.6 Å². The molecule has 11 amide bonds. The van der Waals surface area contributed by atoms with Crippen LogP contribution in [0.1, 0.15) is 184 Å². The van der Waals surface area contributed by atoms with E-state index in [-0.39, 0.29) is 83.8 Å². The van der Waals surface area contributed by atoms with Gasteiger partial charge in [0.05, 0.1) is 49.0 Å². The number of esters is 4. The number of anilines is 1. The zero-order chi connectivity index (χ0) is 99.1. The highest BCUT2D eigenvalue weighted by Gasteiger charge is 2.78. The molecule has 42 nitrogen and oxygen atoms in total. The lowest BCUT2D eigenvalue weighted by Crippen LogP contribution is -2.82. The summed E-state index contributed by atoms with van der Waals surface area (Å²) in [6.07, 6.45) is -12.8. The van der Waals surface area contributed by atoms with Gasteiger partial charge in [0.1, 0.15) is 66.8 Å². The molecule has 0 spiro atoms. The standard InChI is InChI=1S/C93H112N10O32/c1-49(2)74(101-83(121)60(36-39-70(112)113)99-85(123)61(42-71(114)115)98-67(109)46-95-82(120)59(96-51(4)104)30-21-22-40-94-66(108)31-20-13-23-41-103-68(110)37-38-69(103)111)86(124)100-62(43-72(116)117)84(122)97-58-34-32-54(33-35-58)47-129-89(127)133-77(75(55-24-14-10-15-25-55)102-81(119)56-26-16-11-17-27-56)88(126)132-63-45-93(128)80(134-87(125)57-28-18-12-19-29-57)78-91(9,64(107)44-65-92(78,48-130-65)135-53(6)106)79(118)76(131-52(5)105)73(50(63)3)90(93,7)8/h10-12,14-19,24-29,32-35,37-38,49,59-65,74-78,80,107,128H,13,20-23,30-31,36,39-48H2,1-9H3,(H,94,108)(H,95,120)(H,96,104)(H,97,122)(H,98,109)(H,99,123)(H,100,124)(H,101,121)(H,102,119)(H,112,113)(H,114,115)(H,116,117)/t59-,60-,61-,62-,63-,64-,65+,74-,75-,76+,77+,78?,80-,91+,92-,93+/m0/s1. The molecule has 2 bridgehead atoms. The number of hydrogen-bond donors (Lipinski definition) is 14. The van der Waals surface area contributed by atoms with Gasteiger partial charge in [0.25, 0.3) is 17.7 Å². The van der Waals surface area contributed by atoms with Crippen LogP contribution in [0.15, 0.2) is 139 Å². The van der Waals surface area contributed by atoms with Crippen LogP contribution < -0.4 is 47.9 Å². The summed E-state index contributed by atoms with van der Waals surface area (Å²) in [5.74, 6) is -22.3. The summed E-state index contributed by atoms with van der Waals surface area (Å²) in [7, 11) is 0. The fraction of sp³-hybridized carbons (Fsp3) is 0.484. The Morgan fingerprint density at radius 1 is 0.585 bits per heavy atom. The van der Waals surface area contributed by atoms with Crippen molar-refractivity contribution in [1.82, 2.24) is 47.4 Å². The predicted molar refractivity (Wildman–Crippen MR) is 468 cm³/mol. The maximum atomic E-state index is 16.0. The first-order valence-corrected chi connectivity index (χ1v) is 43.8. The lowest BCUT2D eigenvalue weighted by atomic mass is 9.44. The van der Waals surface area contributed by atoms with Crippen molar-refractivity contribution in [3.8, 4) is 0 Å². The van der Waals surface area contributed by atoms with E-state index in [9.17, 15) is 112 Å². The third-order valence-corrected chi connectivity index (χ3v) is 24.4. The minimum absolute atomic E-state index is 0.0195. The molecule has 2 heterocycles. The molecule has 4 aromatic carbocycles. The van der Waals surface area contributed by atoms with E-state index in [2.05, 4.69) is 47.9 Å².